The molecule has 0 radical (unpaired) electrons. The first-order valence-corrected chi connectivity index (χ1v) is 4.65. The molecule has 0 fully saturated rings. The van der Waals surface area contributed by atoms with Crippen LogP contribution in [0.25, 0.3) is 0 Å². The number of hydrogen-bond donors (Lipinski definition) is 2. The molecule has 0 bridgehead atoms. The highest BCUT2D eigenvalue weighted by Crippen LogP contribution is 2.17. The lowest BCUT2D eigenvalue weighted by Crippen LogP contribution is -2.11. The SMILES string of the molecule is CCCC(N)c1cnc(N)c(C=O)c1. The van der Waals surface area contributed by atoms with Crippen molar-refractivity contribution in [3.63, 3.8) is 0 Å². The average Bonchev–Trinajstić information content (AvgIpc) is 2.19. The minimum absolute atomic E-state index is 0.0631. The van der Waals surface area contributed by atoms with Crippen molar-refractivity contribution in [3.05, 3.63) is 23.4 Å². The summed E-state index contributed by atoms with van der Waals surface area (Å²) in [5, 5.41) is 0. The highest BCUT2D eigenvalue weighted by Gasteiger charge is 2.07. The van der Waals surface area contributed by atoms with E-state index in [4.69, 9.17) is 11.5 Å². The third kappa shape index (κ3) is 2.29. The minimum atomic E-state index is -0.0631. The summed E-state index contributed by atoms with van der Waals surface area (Å²) in [5.41, 5.74) is 12.6. The van der Waals surface area contributed by atoms with Crippen molar-refractivity contribution in [2.45, 2.75) is 25.8 Å². The van der Waals surface area contributed by atoms with Crippen LogP contribution in [0.4, 0.5) is 5.82 Å². The Bertz CT molecular complexity index is 325. The summed E-state index contributed by atoms with van der Waals surface area (Å²) in [6.45, 7) is 2.06. The van der Waals surface area contributed by atoms with E-state index in [1.807, 2.05) is 0 Å². The summed E-state index contributed by atoms with van der Waals surface area (Å²) >= 11 is 0. The number of rotatable bonds is 4. The van der Waals surface area contributed by atoms with E-state index in [0.29, 0.717) is 11.8 Å². The van der Waals surface area contributed by atoms with Crippen LogP contribution in [-0.4, -0.2) is 11.3 Å². The van der Waals surface area contributed by atoms with Gasteiger partial charge >= 0.3 is 0 Å². The maximum atomic E-state index is 10.6. The Hall–Kier alpha value is -1.42. The van der Waals surface area contributed by atoms with Gasteiger partial charge in [-0.15, -0.1) is 0 Å². The van der Waals surface area contributed by atoms with Crippen molar-refractivity contribution in [2.75, 3.05) is 5.73 Å². The predicted molar refractivity (Wildman–Crippen MR) is 55.9 cm³/mol. The van der Waals surface area contributed by atoms with Crippen LogP contribution < -0.4 is 11.5 Å². The van der Waals surface area contributed by atoms with Crippen LogP contribution in [0.5, 0.6) is 0 Å². The molecular weight excluding hydrogens is 178 g/mol. The zero-order valence-corrected chi connectivity index (χ0v) is 8.23. The molecule has 4 N–H and O–H groups in total. The molecule has 1 heterocycles. The Kier molecular flexibility index (Phi) is 3.59. The van der Waals surface area contributed by atoms with Crippen LogP contribution >= 0.6 is 0 Å². The quantitative estimate of drug-likeness (QED) is 0.705. The van der Waals surface area contributed by atoms with E-state index >= 15 is 0 Å². The fraction of sp³-hybridized carbons (Fsp3) is 0.400. The van der Waals surface area contributed by atoms with Crippen LogP contribution in [0.1, 0.15) is 41.7 Å². The largest absolute Gasteiger partial charge is 0.383 e. The topological polar surface area (TPSA) is 82.0 Å². The van der Waals surface area contributed by atoms with Gasteiger partial charge in [-0.3, -0.25) is 4.79 Å². The number of hydrogen-bond acceptors (Lipinski definition) is 4. The zero-order valence-electron chi connectivity index (χ0n) is 8.23. The second-order valence-corrected chi connectivity index (χ2v) is 3.26. The molecule has 0 saturated carbocycles. The Morgan fingerprint density at radius 2 is 2.36 bits per heavy atom. The minimum Gasteiger partial charge on any atom is -0.383 e. The molecule has 4 nitrogen and oxygen atoms in total. The summed E-state index contributed by atoms with van der Waals surface area (Å²) in [7, 11) is 0. The van der Waals surface area contributed by atoms with Gasteiger partial charge in [0.2, 0.25) is 0 Å². The smallest absolute Gasteiger partial charge is 0.153 e. The molecular formula is C10H15N3O. The number of carbonyl (C=O) groups is 1. The Morgan fingerprint density at radius 1 is 1.64 bits per heavy atom. The van der Waals surface area contributed by atoms with E-state index in [-0.39, 0.29) is 11.9 Å². The van der Waals surface area contributed by atoms with Crippen LogP contribution in [0.2, 0.25) is 0 Å². The first-order valence-electron chi connectivity index (χ1n) is 4.65. The van der Waals surface area contributed by atoms with E-state index in [1.165, 1.54) is 0 Å². The predicted octanol–water partition coefficient (Wildman–Crippen LogP) is 1.28. The Labute approximate surface area is 83.3 Å². The molecule has 4 heteroatoms. The molecule has 14 heavy (non-hydrogen) atoms. The molecule has 1 rings (SSSR count). The number of nitrogen functional groups attached to an aromatic ring is 1. The molecule has 0 aliphatic heterocycles. The third-order valence-electron chi connectivity index (χ3n) is 2.13. The molecule has 1 aromatic heterocycles. The van der Waals surface area contributed by atoms with E-state index in [0.717, 1.165) is 18.4 Å². The van der Waals surface area contributed by atoms with Crippen LogP contribution in [0, 0.1) is 0 Å². The second kappa shape index (κ2) is 4.72. The molecule has 0 amide bonds. The van der Waals surface area contributed by atoms with Crippen molar-refractivity contribution < 1.29 is 4.79 Å². The highest BCUT2D eigenvalue weighted by atomic mass is 16.1. The maximum Gasteiger partial charge on any atom is 0.153 e. The summed E-state index contributed by atoms with van der Waals surface area (Å²) < 4.78 is 0. The average molecular weight is 193 g/mol. The normalized spacial score (nSPS) is 12.4. The first kappa shape index (κ1) is 10.7. The van der Waals surface area contributed by atoms with Gasteiger partial charge in [0.05, 0.1) is 5.56 Å². The number of nitrogens with zero attached hydrogens (tertiary/aromatic N) is 1. The number of aldehydes is 1. The van der Waals surface area contributed by atoms with E-state index in [2.05, 4.69) is 11.9 Å². The summed E-state index contributed by atoms with van der Waals surface area (Å²) in [6.07, 6.45) is 4.21. The second-order valence-electron chi connectivity index (χ2n) is 3.26. The van der Waals surface area contributed by atoms with Crippen LogP contribution in [0.3, 0.4) is 0 Å². The zero-order chi connectivity index (χ0) is 10.6. The van der Waals surface area contributed by atoms with Gasteiger partial charge in [-0.2, -0.15) is 0 Å². The lowest BCUT2D eigenvalue weighted by atomic mass is 10.0. The number of nitrogens with two attached hydrogens (primary N) is 2. The lowest BCUT2D eigenvalue weighted by molar-refractivity contribution is 0.112. The molecule has 1 aromatic rings. The summed E-state index contributed by atoms with van der Waals surface area (Å²) in [6, 6.07) is 1.64. The van der Waals surface area contributed by atoms with Gasteiger partial charge in [0.25, 0.3) is 0 Å². The van der Waals surface area contributed by atoms with Gasteiger partial charge in [0.15, 0.2) is 6.29 Å². The molecule has 0 aliphatic rings. The van der Waals surface area contributed by atoms with Gasteiger partial charge in [-0.25, -0.2) is 4.98 Å². The van der Waals surface area contributed by atoms with Gasteiger partial charge in [0.1, 0.15) is 5.82 Å². The third-order valence-corrected chi connectivity index (χ3v) is 2.13. The van der Waals surface area contributed by atoms with Crippen molar-refractivity contribution in [1.29, 1.82) is 0 Å². The number of anilines is 1. The first-order chi connectivity index (χ1) is 6.69. The van der Waals surface area contributed by atoms with Crippen molar-refractivity contribution >= 4 is 12.1 Å². The fourth-order valence-electron chi connectivity index (χ4n) is 1.28. The number of aromatic nitrogens is 1. The van der Waals surface area contributed by atoms with Gasteiger partial charge in [-0.05, 0) is 18.1 Å². The molecule has 76 valence electrons. The summed E-state index contributed by atoms with van der Waals surface area (Å²) in [5.74, 6) is 0.257. The Balaban J connectivity index is 2.94. The maximum absolute atomic E-state index is 10.6. The molecule has 0 spiro atoms. The monoisotopic (exact) mass is 193 g/mol. The van der Waals surface area contributed by atoms with E-state index < -0.39 is 0 Å². The lowest BCUT2D eigenvalue weighted by Gasteiger charge is -2.10. The highest BCUT2D eigenvalue weighted by molar-refractivity contribution is 5.81. The van der Waals surface area contributed by atoms with Crippen molar-refractivity contribution in [2.24, 2.45) is 5.73 Å². The van der Waals surface area contributed by atoms with Crippen LogP contribution in [-0.2, 0) is 0 Å². The molecule has 1 unspecified atom stereocenters. The van der Waals surface area contributed by atoms with Gasteiger partial charge in [-0.1, -0.05) is 13.3 Å². The molecule has 0 aliphatic carbocycles. The Morgan fingerprint density at radius 3 is 2.93 bits per heavy atom. The van der Waals surface area contributed by atoms with Gasteiger partial charge in [0, 0.05) is 12.2 Å². The van der Waals surface area contributed by atoms with Gasteiger partial charge < -0.3 is 11.5 Å². The molecule has 0 saturated heterocycles. The van der Waals surface area contributed by atoms with Crippen LogP contribution in [0.15, 0.2) is 12.3 Å². The van der Waals surface area contributed by atoms with Crippen molar-refractivity contribution in [1.82, 2.24) is 4.98 Å². The molecule has 0 aromatic carbocycles. The molecule has 1 atom stereocenters. The van der Waals surface area contributed by atoms with E-state index in [1.54, 1.807) is 12.3 Å². The summed E-state index contributed by atoms with van der Waals surface area (Å²) in [4.78, 5) is 14.5. The van der Waals surface area contributed by atoms with Crippen molar-refractivity contribution in [3.8, 4) is 0 Å². The fourth-order valence-corrected chi connectivity index (χ4v) is 1.28. The van der Waals surface area contributed by atoms with E-state index in [9.17, 15) is 4.79 Å². The number of pyridine rings is 1. The standard InChI is InChI=1S/C10H15N3O/c1-2-3-9(11)7-4-8(6-14)10(12)13-5-7/h4-6,9H,2-3,11H2,1H3,(H2,12,13). The number of carbonyl (C=O) groups excluding carboxylic acids is 1.